The fourth-order valence-corrected chi connectivity index (χ4v) is 1.56. The Bertz CT molecular complexity index is 189. The quantitative estimate of drug-likeness (QED) is 0.618. The molecule has 13 heavy (non-hydrogen) atoms. The Morgan fingerprint density at radius 3 is 2.46 bits per heavy atom. The molecule has 0 aromatic rings. The highest BCUT2D eigenvalue weighted by Gasteiger charge is 2.39. The molecule has 0 radical (unpaired) electrons. The van der Waals surface area contributed by atoms with Gasteiger partial charge in [0.2, 0.25) is 0 Å². The molecule has 0 aromatic carbocycles. The highest BCUT2D eigenvalue weighted by Crippen LogP contribution is 2.28. The van der Waals surface area contributed by atoms with Gasteiger partial charge in [0.15, 0.2) is 5.79 Å². The van der Waals surface area contributed by atoms with Crippen molar-refractivity contribution in [3.05, 3.63) is 12.7 Å². The number of ether oxygens (including phenoxy) is 2. The van der Waals surface area contributed by atoms with Crippen LogP contribution in [0.5, 0.6) is 0 Å². The van der Waals surface area contributed by atoms with Crippen molar-refractivity contribution in [3.8, 4) is 0 Å². The largest absolute Gasteiger partial charge is 0.343 e. The first-order valence-corrected chi connectivity index (χ1v) is 4.57. The molecule has 2 atom stereocenters. The molecule has 1 aliphatic heterocycles. The number of rotatable bonds is 3. The van der Waals surface area contributed by atoms with Gasteiger partial charge in [0.05, 0.1) is 0 Å². The molecule has 0 spiro atoms. The molecule has 1 fully saturated rings. The van der Waals surface area contributed by atoms with Crippen LogP contribution in [0.4, 0.5) is 0 Å². The van der Waals surface area contributed by atoms with Gasteiger partial charge >= 0.3 is 0 Å². The molecule has 0 N–H and O–H groups in total. The lowest BCUT2D eigenvalue weighted by Gasteiger charge is -2.19. The van der Waals surface area contributed by atoms with Gasteiger partial charge < -0.3 is 14.4 Å². The van der Waals surface area contributed by atoms with Crippen molar-refractivity contribution in [2.24, 2.45) is 0 Å². The van der Waals surface area contributed by atoms with Gasteiger partial charge in [-0.3, -0.25) is 0 Å². The summed E-state index contributed by atoms with van der Waals surface area (Å²) < 4.78 is 11.4. The van der Waals surface area contributed by atoms with Crippen molar-refractivity contribution in [2.75, 3.05) is 20.6 Å². The zero-order valence-corrected chi connectivity index (χ0v) is 8.91. The predicted molar refractivity (Wildman–Crippen MR) is 52.6 cm³/mol. The fraction of sp³-hybridized carbons (Fsp3) is 0.800. The van der Waals surface area contributed by atoms with Crippen LogP contribution in [0.2, 0.25) is 0 Å². The van der Waals surface area contributed by atoms with Gasteiger partial charge in [-0.15, -0.1) is 6.58 Å². The molecule has 1 aliphatic rings. The van der Waals surface area contributed by atoms with Gasteiger partial charge in [-0.05, 0) is 27.9 Å². The molecule has 1 heterocycles. The average molecular weight is 185 g/mol. The zero-order chi connectivity index (χ0) is 10.1. The van der Waals surface area contributed by atoms with Crippen molar-refractivity contribution >= 4 is 0 Å². The molecule has 0 aromatic heterocycles. The van der Waals surface area contributed by atoms with Crippen molar-refractivity contribution in [3.63, 3.8) is 0 Å². The number of hydrogen-bond acceptors (Lipinski definition) is 3. The lowest BCUT2D eigenvalue weighted by molar-refractivity contribution is -0.144. The molecule has 1 rings (SSSR count). The van der Waals surface area contributed by atoms with Crippen molar-refractivity contribution in [1.29, 1.82) is 0 Å². The second-order valence-corrected chi connectivity index (χ2v) is 4.14. The van der Waals surface area contributed by atoms with E-state index in [0.29, 0.717) is 0 Å². The molecule has 0 unspecified atom stereocenters. The summed E-state index contributed by atoms with van der Waals surface area (Å²) >= 11 is 0. The van der Waals surface area contributed by atoms with Gasteiger partial charge in [0, 0.05) is 6.54 Å². The number of hydrogen-bond donors (Lipinski definition) is 0. The van der Waals surface area contributed by atoms with Crippen LogP contribution >= 0.6 is 0 Å². The van der Waals surface area contributed by atoms with E-state index in [1.165, 1.54) is 0 Å². The maximum Gasteiger partial charge on any atom is 0.164 e. The van der Waals surface area contributed by atoms with Gasteiger partial charge in [-0.25, -0.2) is 0 Å². The Morgan fingerprint density at radius 1 is 1.38 bits per heavy atom. The van der Waals surface area contributed by atoms with Crippen LogP contribution in [-0.4, -0.2) is 43.5 Å². The van der Waals surface area contributed by atoms with Crippen molar-refractivity contribution in [1.82, 2.24) is 4.90 Å². The monoisotopic (exact) mass is 185 g/mol. The molecule has 0 aliphatic carbocycles. The normalized spacial score (nSPS) is 32.4. The minimum Gasteiger partial charge on any atom is -0.343 e. The number of likely N-dealkylation sites (N-methyl/N-ethyl adjacent to an activating group) is 1. The fourth-order valence-electron chi connectivity index (χ4n) is 1.56. The standard InChI is InChI=1S/C10H19NO2/c1-6-8-9(7-11(4)5)13-10(2,3)12-8/h6,8-9H,1,7H2,2-5H3/t8-,9+/m0/s1. The van der Waals surface area contributed by atoms with E-state index >= 15 is 0 Å². The highest BCUT2D eigenvalue weighted by molar-refractivity contribution is 4.93. The third-order valence-corrected chi connectivity index (χ3v) is 2.00. The second-order valence-electron chi connectivity index (χ2n) is 4.14. The SMILES string of the molecule is C=C[C@@H]1OC(C)(C)O[C@@H]1CN(C)C. The molecule has 1 saturated heterocycles. The Morgan fingerprint density at radius 2 is 2.00 bits per heavy atom. The Kier molecular flexibility index (Phi) is 3.11. The van der Waals surface area contributed by atoms with Crippen LogP contribution in [-0.2, 0) is 9.47 Å². The summed E-state index contributed by atoms with van der Waals surface area (Å²) in [5.74, 6) is -0.473. The van der Waals surface area contributed by atoms with Crippen LogP contribution < -0.4 is 0 Å². The Hall–Kier alpha value is -0.380. The lowest BCUT2D eigenvalue weighted by atomic mass is 10.2. The van der Waals surface area contributed by atoms with E-state index in [2.05, 4.69) is 11.5 Å². The van der Waals surface area contributed by atoms with E-state index in [1.807, 2.05) is 34.0 Å². The minimum absolute atomic E-state index is 0.0115. The van der Waals surface area contributed by atoms with Crippen molar-refractivity contribution < 1.29 is 9.47 Å². The van der Waals surface area contributed by atoms with E-state index in [1.54, 1.807) is 0 Å². The van der Waals surface area contributed by atoms with Gasteiger partial charge in [0.25, 0.3) is 0 Å². The summed E-state index contributed by atoms with van der Waals surface area (Å²) in [4.78, 5) is 2.09. The van der Waals surface area contributed by atoms with Crippen LogP contribution in [0.3, 0.4) is 0 Å². The molecule has 3 heteroatoms. The predicted octanol–water partition coefficient (Wildman–Crippen LogP) is 1.25. The van der Waals surface area contributed by atoms with E-state index in [-0.39, 0.29) is 12.2 Å². The Balaban J connectivity index is 2.58. The minimum atomic E-state index is -0.473. The third-order valence-electron chi connectivity index (χ3n) is 2.00. The first kappa shape index (κ1) is 10.7. The second kappa shape index (κ2) is 3.78. The first-order valence-electron chi connectivity index (χ1n) is 4.57. The van der Waals surface area contributed by atoms with E-state index in [0.717, 1.165) is 6.54 Å². The maximum atomic E-state index is 5.73. The summed E-state index contributed by atoms with van der Waals surface area (Å²) in [5.41, 5.74) is 0. The van der Waals surface area contributed by atoms with E-state index < -0.39 is 5.79 Å². The molecule has 76 valence electrons. The van der Waals surface area contributed by atoms with E-state index in [4.69, 9.17) is 9.47 Å². The van der Waals surface area contributed by atoms with Crippen molar-refractivity contribution in [2.45, 2.75) is 31.8 Å². The van der Waals surface area contributed by atoms with Crippen LogP contribution in [0, 0.1) is 0 Å². The smallest absolute Gasteiger partial charge is 0.164 e. The molecule has 3 nitrogen and oxygen atoms in total. The lowest BCUT2D eigenvalue weighted by Crippen LogP contribution is -2.33. The summed E-state index contributed by atoms with van der Waals surface area (Å²) in [7, 11) is 4.05. The van der Waals surface area contributed by atoms with Crippen LogP contribution in [0.25, 0.3) is 0 Å². The summed E-state index contributed by atoms with van der Waals surface area (Å²) in [6.45, 7) is 8.46. The maximum absolute atomic E-state index is 5.73. The molecular weight excluding hydrogens is 166 g/mol. The number of nitrogens with zero attached hydrogens (tertiary/aromatic N) is 1. The Labute approximate surface area is 80.3 Å². The highest BCUT2D eigenvalue weighted by atomic mass is 16.7. The third kappa shape index (κ3) is 2.79. The van der Waals surface area contributed by atoms with Crippen LogP contribution in [0.1, 0.15) is 13.8 Å². The molecule has 0 saturated carbocycles. The molecule has 0 amide bonds. The topological polar surface area (TPSA) is 21.7 Å². The van der Waals surface area contributed by atoms with Gasteiger partial charge in [-0.2, -0.15) is 0 Å². The van der Waals surface area contributed by atoms with Gasteiger partial charge in [0.1, 0.15) is 12.2 Å². The molecular formula is C10H19NO2. The average Bonchev–Trinajstić information content (AvgIpc) is 2.24. The van der Waals surface area contributed by atoms with Crippen LogP contribution in [0.15, 0.2) is 12.7 Å². The summed E-state index contributed by atoms with van der Waals surface area (Å²) in [6, 6.07) is 0. The zero-order valence-electron chi connectivity index (χ0n) is 8.91. The summed E-state index contributed by atoms with van der Waals surface area (Å²) in [5, 5.41) is 0. The van der Waals surface area contributed by atoms with E-state index in [9.17, 15) is 0 Å². The van der Waals surface area contributed by atoms with Gasteiger partial charge in [-0.1, -0.05) is 6.08 Å². The molecule has 0 bridgehead atoms. The first-order chi connectivity index (χ1) is 5.94. The summed E-state index contributed by atoms with van der Waals surface area (Å²) in [6.07, 6.45) is 1.92.